The van der Waals surface area contributed by atoms with E-state index in [1.54, 1.807) is 48.5 Å². The van der Waals surface area contributed by atoms with Crippen molar-refractivity contribution in [3.8, 4) is 0 Å². The van der Waals surface area contributed by atoms with Crippen molar-refractivity contribution in [3.05, 3.63) is 111 Å². The van der Waals surface area contributed by atoms with Crippen LogP contribution in [-0.2, 0) is 20.7 Å². The Morgan fingerprint density at radius 3 is 2.38 bits per heavy atom. The molecule has 1 aromatic heterocycles. The predicted octanol–water partition coefficient (Wildman–Crippen LogP) is 5.38. The molecule has 0 radical (unpaired) electrons. The van der Waals surface area contributed by atoms with Crippen molar-refractivity contribution in [3.63, 3.8) is 0 Å². The smallest absolute Gasteiger partial charge is 0.337 e. The van der Waals surface area contributed by atoms with Crippen molar-refractivity contribution in [2.45, 2.75) is 12.5 Å². The molecule has 3 aromatic carbocycles. The summed E-state index contributed by atoms with van der Waals surface area (Å²) < 4.78 is 5.60. The standard InChI is InChI=1S/C29H23BrN2O5/c1-37-29(36)19-8-6-17(7-9-19)25-24(26(33)18-10-12-21(30)13-11-18)27(34)28(35)32(25)15-14-20-16-31-23-5-3-2-4-22(20)23/h2-13,16,25,31,33H,14-15H2,1H3. The molecule has 2 N–H and O–H groups in total. The summed E-state index contributed by atoms with van der Waals surface area (Å²) in [6, 6.07) is 20.4. The summed E-state index contributed by atoms with van der Waals surface area (Å²) in [5.41, 5.74) is 3.39. The van der Waals surface area contributed by atoms with Crippen LogP contribution in [0.2, 0.25) is 0 Å². The highest BCUT2D eigenvalue weighted by Gasteiger charge is 2.45. The zero-order chi connectivity index (χ0) is 26.1. The average Bonchev–Trinajstić information content (AvgIpc) is 3.45. The molecule has 186 valence electrons. The number of fused-ring (bicyclic) bond motifs is 1. The van der Waals surface area contributed by atoms with Gasteiger partial charge in [-0.2, -0.15) is 0 Å². The number of para-hydroxylation sites is 1. The first kappa shape index (κ1) is 24.5. The van der Waals surface area contributed by atoms with Gasteiger partial charge in [-0.15, -0.1) is 0 Å². The average molecular weight is 559 g/mol. The van der Waals surface area contributed by atoms with Crippen molar-refractivity contribution in [1.29, 1.82) is 0 Å². The second-order valence-electron chi connectivity index (χ2n) is 8.72. The quantitative estimate of drug-likeness (QED) is 0.143. The number of ether oxygens (including phenoxy) is 1. The number of Topliss-reactive ketones (excluding diaryl/α,β-unsaturated/α-hetero) is 1. The molecule has 1 fully saturated rings. The van der Waals surface area contributed by atoms with E-state index in [2.05, 4.69) is 20.9 Å². The third-order valence-corrected chi connectivity index (χ3v) is 7.13. The van der Waals surface area contributed by atoms with Gasteiger partial charge < -0.3 is 19.7 Å². The van der Waals surface area contributed by atoms with Gasteiger partial charge in [-0.3, -0.25) is 9.59 Å². The number of likely N-dealkylation sites (tertiary alicyclic amines) is 1. The van der Waals surface area contributed by atoms with Crippen molar-refractivity contribution in [2.24, 2.45) is 0 Å². The van der Waals surface area contributed by atoms with Gasteiger partial charge in [0.05, 0.1) is 24.3 Å². The van der Waals surface area contributed by atoms with Gasteiger partial charge in [0.1, 0.15) is 5.76 Å². The Hall–Kier alpha value is -4.17. The lowest BCUT2D eigenvalue weighted by Crippen LogP contribution is -2.31. The van der Waals surface area contributed by atoms with Gasteiger partial charge in [0, 0.05) is 33.7 Å². The molecule has 4 aromatic rings. The molecule has 1 unspecified atom stereocenters. The van der Waals surface area contributed by atoms with Crippen LogP contribution in [0.25, 0.3) is 16.7 Å². The van der Waals surface area contributed by atoms with E-state index in [0.717, 1.165) is 20.9 Å². The van der Waals surface area contributed by atoms with E-state index < -0.39 is 23.7 Å². The highest BCUT2D eigenvalue weighted by molar-refractivity contribution is 9.10. The first-order chi connectivity index (χ1) is 17.9. The van der Waals surface area contributed by atoms with Crippen molar-refractivity contribution in [1.82, 2.24) is 9.88 Å². The van der Waals surface area contributed by atoms with Gasteiger partial charge in [-0.05, 0) is 47.9 Å². The molecule has 1 aliphatic heterocycles. The first-order valence-electron chi connectivity index (χ1n) is 11.7. The predicted molar refractivity (Wildman–Crippen MR) is 143 cm³/mol. The van der Waals surface area contributed by atoms with Crippen molar-refractivity contribution < 1.29 is 24.2 Å². The van der Waals surface area contributed by atoms with Crippen LogP contribution in [0.15, 0.2) is 89.0 Å². The number of esters is 1. The van der Waals surface area contributed by atoms with Crippen LogP contribution < -0.4 is 0 Å². The fraction of sp³-hybridized carbons (Fsp3) is 0.138. The van der Waals surface area contributed by atoms with Gasteiger partial charge in [-0.1, -0.05) is 58.4 Å². The summed E-state index contributed by atoms with van der Waals surface area (Å²) in [5.74, 6) is -2.17. The number of hydrogen-bond acceptors (Lipinski definition) is 5. The van der Waals surface area contributed by atoms with E-state index in [9.17, 15) is 19.5 Å². The van der Waals surface area contributed by atoms with Crippen LogP contribution >= 0.6 is 15.9 Å². The van der Waals surface area contributed by atoms with Gasteiger partial charge >= 0.3 is 5.97 Å². The molecule has 7 nitrogen and oxygen atoms in total. The number of ketones is 1. The van der Waals surface area contributed by atoms with Gasteiger partial charge in [0.15, 0.2) is 0 Å². The van der Waals surface area contributed by atoms with Gasteiger partial charge in [0.25, 0.3) is 11.7 Å². The minimum Gasteiger partial charge on any atom is -0.507 e. The maximum Gasteiger partial charge on any atom is 0.337 e. The highest BCUT2D eigenvalue weighted by Crippen LogP contribution is 2.40. The van der Waals surface area contributed by atoms with Crippen LogP contribution in [0.5, 0.6) is 0 Å². The molecule has 0 spiro atoms. The number of benzene rings is 3. The number of aliphatic hydroxyl groups is 1. The number of amides is 1. The summed E-state index contributed by atoms with van der Waals surface area (Å²) in [5, 5.41) is 12.3. The monoisotopic (exact) mass is 558 g/mol. The molecule has 1 saturated heterocycles. The molecule has 1 amide bonds. The Bertz CT molecular complexity index is 1540. The summed E-state index contributed by atoms with van der Waals surface area (Å²) in [4.78, 5) is 43.2. The van der Waals surface area contributed by atoms with Gasteiger partial charge in [0.2, 0.25) is 0 Å². The van der Waals surface area contributed by atoms with E-state index >= 15 is 0 Å². The lowest BCUT2D eigenvalue weighted by Gasteiger charge is -2.25. The Morgan fingerprint density at radius 1 is 1.00 bits per heavy atom. The number of hydrogen-bond donors (Lipinski definition) is 2. The third-order valence-electron chi connectivity index (χ3n) is 6.60. The Balaban J connectivity index is 1.56. The normalized spacial score (nSPS) is 16.9. The van der Waals surface area contributed by atoms with E-state index in [4.69, 9.17) is 4.74 Å². The summed E-state index contributed by atoms with van der Waals surface area (Å²) in [7, 11) is 1.30. The topological polar surface area (TPSA) is 99.7 Å². The van der Waals surface area contributed by atoms with Crippen molar-refractivity contribution in [2.75, 3.05) is 13.7 Å². The SMILES string of the molecule is COC(=O)c1ccc(C2C(=C(O)c3ccc(Br)cc3)C(=O)C(=O)N2CCc2c[nH]c3ccccc23)cc1. The molecule has 5 rings (SSSR count). The van der Waals surface area contributed by atoms with E-state index in [0.29, 0.717) is 23.1 Å². The second kappa shape index (κ2) is 10.1. The van der Waals surface area contributed by atoms with Gasteiger partial charge in [-0.25, -0.2) is 4.79 Å². The summed E-state index contributed by atoms with van der Waals surface area (Å²) in [6.07, 6.45) is 2.41. The maximum absolute atomic E-state index is 13.3. The highest BCUT2D eigenvalue weighted by atomic mass is 79.9. The molecular weight excluding hydrogens is 536 g/mol. The third kappa shape index (κ3) is 4.56. The fourth-order valence-electron chi connectivity index (χ4n) is 4.72. The number of aromatic nitrogens is 1. The Labute approximate surface area is 221 Å². The Morgan fingerprint density at radius 2 is 1.68 bits per heavy atom. The number of methoxy groups -OCH3 is 1. The van der Waals surface area contributed by atoms with E-state index in [1.165, 1.54) is 12.0 Å². The zero-order valence-corrected chi connectivity index (χ0v) is 21.5. The summed E-state index contributed by atoms with van der Waals surface area (Å²) >= 11 is 3.37. The second-order valence-corrected chi connectivity index (χ2v) is 9.64. The molecule has 1 atom stereocenters. The minimum atomic E-state index is -0.819. The number of aliphatic hydroxyl groups excluding tert-OH is 1. The minimum absolute atomic E-state index is 0.0112. The lowest BCUT2D eigenvalue weighted by atomic mass is 9.94. The van der Waals surface area contributed by atoms with E-state index in [-0.39, 0.29) is 17.9 Å². The van der Waals surface area contributed by atoms with E-state index in [1.807, 2.05) is 30.5 Å². The zero-order valence-electron chi connectivity index (χ0n) is 19.9. The summed E-state index contributed by atoms with van der Waals surface area (Å²) in [6.45, 7) is 0.257. The Kier molecular flexibility index (Phi) is 6.67. The van der Waals surface area contributed by atoms with Crippen LogP contribution in [0, 0.1) is 0 Å². The number of rotatable bonds is 6. The van der Waals surface area contributed by atoms with Crippen molar-refractivity contribution >= 4 is 50.3 Å². The molecule has 37 heavy (non-hydrogen) atoms. The number of nitrogens with zero attached hydrogens (tertiary/aromatic N) is 1. The van der Waals surface area contributed by atoms with Crippen LogP contribution in [0.1, 0.15) is 33.1 Å². The number of carbonyl (C=O) groups excluding carboxylic acids is 3. The first-order valence-corrected chi connectivity index (χ1v) is 12.5. The molecular formula is C29H23BrN2O5. The fourth-order valence-corrected chi connectivity index (χ4v) is 4.98. The molecule has 0 saturated carbocycles. The number of carbonyl (C=O) groups is 3. The maximum atomic E-state index is 13.3. The van der Waals surface area contributed by atoms with Crippen LogP contribution in [0.3, 0.4) is 0 Å². The number of H-pyrrole nitrogens is 1. The molecule has 8 heteroatoms. The van der Waals surface area contributed by atoms with Crippen LogP contribution in [-0.4, -0.2) is 46.3 Å². The number of aromatic amines is 1. The number of halogens is 1. The molecule has 1 aliphatic rings. The molecule has 2 heterocycles. The largest absolute Gasteiger partial charge is 0.507 e. The van der Waals surface area contributed by atoms with Crippen LogP contribution in [0.4, 0.5) is 0 Å². The number of nitrogens with one attached hydrogen (secondary N) is 1. The molecule has 0 aliphatic carbocycles. The lowest BCUT2D eigenvalue weighted by molar-refractivity contribution is -0.139. The molecule has 0 bridgehead atoms.